The molecule has 2 unspecified atom stereocenters. The Bertz CT molecular complexity index is 1390. The van der Waals surface area contributed by atoms with E-state index >= 15 is 0 Å². The van der Waals surface area contributed by atoms with Gasteiger partial charge in [-0.15, -0.1) is 0 Å². The van der Waals surface area contributed by atoms with Gasteiger partial charge < -0.3 is 0 Å². The summed E-state index contributed by atoms with van der Waals surface area (Å²) in [5.41, 5.74) is 17.5. The molecule has 2 aliphatic carbocycles. The van der Waals surface area contributed by atoms with E-state index in [1.165, 1.54) is 55.7 Å². The quantitative estimate of drug-likeness (QED) is 0.267. The van der Waals surface area contributed by atoms with E-state index in [1.807, 2.05) is 0 Å². The van der Waals surface area contributed by atoms with Gasteiger partial charge in [0.05, 0.1) is 0 Å². The van der Waals surface area contributed by atoms with Crippen molar-refractivity contribution in [3.05, 3.63) is 130 Å². The van der Waals surface area contributed by atoms with Crippen LogP contribution in [0.2, 0.25) is 0 Å². The van der Waals surface area contributed by atoms with Gasteiger partial charge in [0.25, 0.3) is 0 Å². The van der Waals surface area contributed by atoms with Gasteiger partial charge in [0.15, 0.2) is 0 Å². The predicted molar refractivity (Wildman–Crippen MR) is 155 cm³/mol. The molecule has 0 nitrogen and oxygen atoms in total. The minimum absolute atomic E-state index is 0.475. The van der Waals surface area contributed by atoms with E-state index in [9.17, 15) is 0 Å². The molecule has 0 aromatic heterocycles. The molecule has 0 heterocycles. The van der Waals surface area contributed by atoms with Gasteiger partial charge in [0.2, 0.25) is 0 Å². The van der Waals surface area contributed by atoms with Crippen molar-refractivity contribution in [1.29, 1.82) is 0 Å². The van der Waals surface area contributed by atoms with Crippen LogP contribution in [0.4, 0.5) is 0 Å². The zero-order chi connectivity index (χ0) is 24.8. The fourth-order valence-corrected chi connectivity index (χ4v) is 6.53. The van der Waals surface area contributed by atoms with Crippen LogP contribution in [0, 0.1) is 0 Å². The molecule has 0 radical (unpaired) electrons. The SMILES string of the molecule is [Li][CH]1C(C)=C(CCC2=C(C)[CH]([Li])c3cccc(-c4ccccc4)c32)c2c(-c3ccccc3)cccc21. The van der Waals surface area contributed by atoms with Gasteiger partial charge in [0.1, 0.15) is 0 Å². The summed E-state index contributed by atoms with van der Waals surface area (Å²) in [5, 5.41) is 0. The molecule has 0 N–H and O–H groups in total. The molecule has 0 aliphatic heterocycles. The topological polar surface area (TPSA) is 0 Å². The maximum atomic E-state index is 2.38. The van der Waals surface area contributed by atoms with E-state index in [0.717, 1.165) is 12.8 Å². The van der Waals surface area contributed by atoms with Crippen LogP contribution in [0.5, 0.6) is 0 Å². The zero-order valence-corrected chi connectivity index (χ0v) is 21.8. The average molecular weight is 450 g/mol. The second kappa shape index (κ2) is 9.79. The van der Waals surface area contributed by atoms with Crippen LogP contribution < -0.4 is 0 Å². The van der Waals surface area contributed by atoms with Gasteiger partial charge in [-0.1, -0.05) is 0 Å². The van der Waals surface area contributed by atoms with E-state index < -0.39 is 0 Å². The number of fused-ring (bicyclic) bond motifs is 2. The van der Waals surface area contributed by atoms with Gasteiger partial charge in [-0.2, -0.15) is 0 Å². The summed E-state index contributed by atoms with van der Waals surface area (Å²) in [7, 11) is 0. The van der Waals surface area contributed by atoms with E-state index in [-0.39, 0.29) is 0 Å². The summed E-state index contributed by atoms with van der Waals surface area (Å²) in [6.45, 7) is 4.72. The standard InChI is InChI=1S/C34H28.2Li/c1-23-21-27-15-9-17-31(25-11-5-3-6-12-25)33(27)29(23)19-20-30-24(2)22-28-16-10-18-32(34(28)30)26-13-7-4-8-14-26;;/h3-18,21-22H,19-20H2,1-2H3;;. The van der Waals surface area contributed by atoms with Crippen LogP contribution in [-0.4, -0.2) is 35.4 Å². The first-order chi connectivity index (χ1) is 17.6. The summed E-state index contributed by atoms with van der Waals surface area (Å²) in [6, 6.07) is 35.6. The first-order valence-corrected chi connectivity index (χ1v) is 13.3. The van der Waals surface area contributed by atoms with Crippen molar-refractivity contribution in [2.24, 2.45) is 0 Å². The minimum atomic E-state index is 0.475. The fraction of sp³-hybridized carbons (Fsp3) is 0.176. The molecule has 166 valence electrons. The van der Waals surface area contributed by atoms with Gasteiger partial charge >= 0.3 is 235 Å². The molecule has 0 bridgehead atoms. The molecule has 4 aromatic rings. The molecule has 2 atom stereocenters. The van der Waals surface area contributed by atoms with Crippen LogP contribution in [0.1, 0.15) is 58.1 Å². The Kier molecular flexibility index (Phi) is 6.50. The van der Waals surface area contributed by atoms with Crippen molar-refractivity contribution in [2.45, 2.75) is 35.9 Å². The number of allylic oxidation sites excluding steroid dienone is 4. The first-order valence-electron chi connectivity index (χ1n) is 13.3. The summed E-state index contributed by atoms with van der Waals surface area (Å²) >= 11 is 4.75. The molecule has 6 rings (SSSR count). The van der Waals surface area contributed by atoms with E-state index in [4.69, 9.17) is 0 Å². The Morgan fingerprint density at radius 2 is 0.889 bits per heavy atom. The summed E-state index contributed by atoms with van der Waals surface area (Å²) in [5.74, 6) is 0. The average Bonchev–Trinajstić information content (AvgIpc) is 3.32. The third-order valence-electron chi connectivity index (χ3n) is 8.78. The van der Waals surface area contributed by atoms with Crippen LogP contribution in [-0.2, 0) is 0 Å². The Balaban J connectivity index is 1.41. The summed E-state index contributed by atoms with van der Waals surface area (Å²) < 4.78 is 0.951. The van der Waals surface area contributed by atoms with E-state index in [1.54, 1.807) is 11.1 Å². The Morgan fingerprint density at radius 1 is 0.500 bits per heavy atom. The third kappa shape index (κ3) is 3.93. The van der Waals surface area contributed by atoms with E-state index in [2.05, 4.69) is 146 Å². The van der Waals surface area contributed by atoms with Crippen LogP contribution in [0.3, 0.4) is 0 Å². The van der Waals surface area contributed by atoms with E-state index in [0.29, 0.717) is 9.18 Å². The van der Waals surface area contributed by atoms with Gasteiger partial charge in [0, 0.05) is 0 Å². The zero-order valence-electron chi connectivity index (χ0n) is 21.8. The number of rotatable bonds is 5. The molecule has 2 heteroatoms. The van der Waals surface area contributed by atoms with Crippen LogP contribution >= 0.6 is 0 Å². The molecule has 36 heavy (non-hydrogen) atoms. The predicted octanol–water partition coefficient (Wildman–Crippen LogP) is 8.49. The molecule has 0 saturated heterocycles. The second-order valence-corrected chi connectivity index (χ2v) is 10.5. The van der Waals surface area contributed by atoms with Crippen molar-refractivity contribution < 1.29 is 0 Å². The van der Waals surface area contributed by atoms with Crippen molar-refractivity contribution in [2.75, 3.05) is 0 Å². The summed E-state index contributed by atoms with van der Waals surface area (Å²) in [4.78, 5) is 0. The van der Waals surface area contributed by atoms with Crippen molar-refractivity contribution in [1.82, 2.24) is 0 Å². The third-order valence-corrected chi connectivity index (χ3v) is 8.78. The Morgan fingerprint density at radius 3 is 1.28 bits per heavy atom. The van der Waals surface area contributed by atoms with Crippen LogP contribution in [0.15, 0.2) is 108 Å². The number of hydrogen-bond donors (Lipinski definition) is 0. The normalized spacial score (nSPS) is 18.6. The van der Waals surface area contributed by atoms with Crippen LogP contribution in [0.25, 0.3) is 33.4 Å². The second-order valence-electron chi connectivity index (χ2n) is 10.5. The molecular weight excluding hydrogens is 422 g/mol. The molecule has 0 saturated carbocycles. The molecule has 0 spiro atoms. The first kappa shape index (κ1) is 23.9. The Labute approximate surface area is 234 Å². The monoisotopic (exact) mass is 450 g/mol. The fourth-order valence-electron chi connectivity index (χ4n) is 6.53. The molecule has 2 aliphatic rings. The molecule has 0 fully saturated rings. The van der Waals surface area contributed by atoms with Gasteiger partial charge in [-0.05, 0) is 0 Å². The number of benzene rings is 4. The van der Waals surface area contributed by atoms with Crippen molar-refractivity contribution in [3.63, 3.8) is 0 Å². The van der Waals surface area contributed by atoms with Gasteiger partial charge in [-0.25, -0.2) is 0 Å². The van der Waals surface area contributed by atoms with Crippen molar-refractivity contribution >= 4 is 46.6 Å². The van der Waals surface area contributed by atoms with Gasteiger partial charge in [-0.3, -0.25) is 0 Å². The molecule has 4 aromatic carbocycles. The Hall–Kier alpha value is -2.45. The molecule has 0 amide bonds. The number of hydrogen-bond acceptors (Lipinski definition) is 0. The summed E-state index contributed by atoms with van der Waals surface area (Å²) in [6.07, 6.45) is 2.16. The molecular formula is C34H28Li2. The van der Waals surface area contributed by atoms with Crippen molar-refractivity contribution in [3.8, 4) is 22.3 Å². The maximum absolute atomic E-state index is 2.38.